The van der Waals surface area contributed by atoms with Gasteiger partial charge in [-0.15, -0.1) is 0 Å². The van der Waals surface area contributed by atoms with Crippen molar-refractivity contribution in [1.29, 1.82) is 0 Å². The Bertz CT molecular complexity index is 466. The molecule has 0 fully saturated rings. The highest BCUT2D eigenvalue weighted by molar-refractivity contribution is 5.91. The third kappa shape index (κ3) is 3.17. The van der Waals surface area contributed by atoms with Gasteiger partial charge in [-0.05, 0) is 23.5 Å². The van der Waals surface area contributed by atoms with Gasteiger partial charge in [0.1, 0.15) is 0 Å². The Balaban J connectivity index is 2.10. The molecule has 1 aliphatic carbocycles. The summed E-state index contributed by atoms with van der Waals surface area (Å²) < 4.78 is 0. The number of carbonyl (C=O) groups is 1. The van der Waals surface area contributed by atoms with Crippen LogP contribution >= 0.6 is 0 Å². The Kier molecular flexibility index (Phi) is 3.48. The van der Waals surface area contributed by atoms with E-state index in [0.717, 1.165) is 10.6 Å². The lowest BCUT2D eigenvalue weighted by Crippen LogP contribution is -2.29. The van der Waals surface area contributed by atoms with Crippen molar-refractivity contribution in [1.82, 2.24) is 10.0 Å². The fourth-order valence-corrected chi connectivity index (χ4v) is 2.24. The number of pyridine rings is 1. The number of allylic oxidation sites excluding steroid dienone is 2. The maximum Gasteiger partial charge on any atom is 0.158 e. The van der Waals surface area contributed by atoms with Crippen molar-refractivity contribution in [3.8, 4) is 0 Å². The molecule has 0 saturated carbocycles. The lowest BCUT2D eigenvalue weighted by atomic mass is 9.79. The van der Waals surface area contributed by atoms with Crippen molar-refractivity contribution in [2.24, 2.45) is 5.41 Å². The van der Waals surface area contributed by atoms with Crippen molar-refractivity contribution in [3.05, 3.63) is 41.9 Å². The molecule has 96 valence electrons. The zero-order valence-electron chi connectivity index (χ0n) is 10.8. The first-order valence-corrected chi connectivity index (χ1v) is 6.05. The normalized spacial score (nSPS) is 18.4. The van der Waals surface area contributed by atoms with Gasteiger partial charge in [0.2, 0.25) is 0 Å². The average molecular weight is 246 g/mol. The zero-order valence-corrected chi connectivity index (χ0v) is 10.8. The van der Waals surface area contributed by atoms with Gasteiger partial charge in [-0.3, -0.25) is 20.0 Å². The molecule has 1 aromatic rings. The molecule has 1 aliphatic rings. The quantitative estimate of drug-likeness (QED) is 0.833. The number of rotatable bonds is 3. The zero-order chi connectivity index (χ0) is 13.2. The van der Waals surface area contributed by atoms with Crippen LogP contribution in [0.15, 0.2) is 36.3 Å². The first kappa shape index (κ1) is 12.8. The molecule has 0 aliphatic heterocycles. The van der Waals surface area contributed by atoms with Gasteiger partial charge in [-0.1, -0.05) is 19.9 Å². The van der Waals surface area contributed by atoms with Gasteiger partial charge in [0, 0.05) is 30.6 Å². The van der Waals surface area contributed by atoms with E-state index in [1.54, 1.807) is 18.5 Å². The summed E-state index contributed by atoms with van der Waals surface area (Å²) in [6, 6.07) is 3.72. The summed E-state index contributed by atoms with van der Waals surface area (Å²) in [5.74, 6) is 0.0755. The predicted octanol–water partition coefficient (Wildman–Crippen LogP) is 2.55. The highest BCUT2D eigenvalue weighted by Crippen LogP contribution is 2.34. The monoisotopic (exact) mass is 246 g/mol. The first-order chi connectivity index (χ1) is 8.46. The van der Waals surface area contributed by atoms with Crippen LogP contribution in [-0.4, -0.2) is 21.0 Å². The molecule has 0 saturated heterocycles. The summed E-state index contributed by atoms with van der Waals surface area (Å²) in [6.07, 6.45) is 6.19. The van der Waals surface area contributed by atoms with Crippen LogP contribution in [0, 0.1) is 5.41 Å². The second-order valence-electron chi connectivity index (χ2n) is 5.54. The van der Waals surface area contributed by atoms with Crippen LogP contribution in [0.5, 0.6) is 0 Å². The van der Waals surface area contributed by atoms with Gasteiger partial charge in [0.25, 0.3) is 0 Å². The van der Waals surface area contributed by atoms with Gasteiger partial charge in [-0.25, -0.2) is 0 Å². The van der Waals surface area contributed by atoms with Gasteiger partial charge in [0.05, 0.1) is 6.54 Å². The number of aromatic nitrogens is 1. The summed E-state index contributed by atoms with van der Waals surface area (Å²) in [5, 5.41) is 11.2. The number of ketones is 1. The SMILES string of the molecule is CC1(C)CC(=O)C=C(N(O)Cc2cccnc2)C1. The number of hydrogen-bond acceptors (Lipinski definition) is 4. The van der Waals surface area contributed by atoms with Crippen LogP contribution in [-0.2, 0) is 11.3 Å². The molecule has 4 heteroatoms. The summed E-state index contributed by atoms with van der Waals surface area (Å²) >= 11 is 0. The van der Waals surface area contributed by atoms with Gasteiger partial charge < -0.3 is 0 Å². The fourth-order valence-electron chi connectivity index (χ4n) is 2.24. The van der Waals surface area contributed by atoms with Crippen LogP contribution < -0.4 is 0 Å². The summed E-state index contributed by atoms with van der Waals surface area (Å²) in [7, 11) is 0. The van der Waals surface area contributed by atoms with E-state index < -0.39 is 0 Å². The average Bonchev–Trinajstić information content (AvgIpc) is 2.27. The largest absolute Gasteiger partial charge is 0.295 e. The van der Waals surface area contributed by atoms with E-state index in [0.29, 0.717) is 25.1 Å². The molecular weight excluding hydrogens is 228 g/mol. The molecule has 0 unspecified atom stereocenters. The maximum absolute atomic E-state index is 11.6. The highest BCUT2D eigenvalue weighted by atomic mass is 16.5. The number of carbonyl (C=O) groups excluding carboxylic acids is 1. The van der Waals surface area contributed by atoms with Gasteiger partial charge in [-0.2, -0.15) is 0 Å². The van der Waals surface area contributed by atoms with Gasteiger partial charge in [0.15, 0.2) is 5.78 Å². The Morgan fingerprint density at radius 3 is 2.83 bits per heavy atom. The molecule has 1 aromatic heterocycles. The van der Waals surface area contributed by atoms with E-state index in [-0.39, 0.29) is 11.2 Å². The molecule has 0 bridgehead atoms. The van der Waals surface area contributed by atoms with Crippen molar-refractivity contribution in [2.75, 3.05) is 0 Å². The van der Waals surface area contributed by atoms with Crippen LogP contribution in [0.25, 0.3) is 0 Å². The Morgan fingerprint density at radius 2 is 2.22 bits per heavy atom. The van der Waals surface area contributed by atoms with Crippen molar-refractivity contribution < 1.29 is 10.0 Å². The molecule has 0 radical (unpaired) electrons. The van der Waals surface area contributed by atoms with Gasteiger partial charge >= 0.3 is 0 Å². The minimum Gasteiger partial charge on any atom is -0.295 e. The minimum absolute atomic E-state index is 0.0755. The predicted molar refractivity (Wildman–Crippen MR) is 67.7 cm³/mol. The van der Waals surface area contributed by atoms with Crippen LogP contribution in [0.3, 0.4) is 0 Å². The van der Waals surface area contributed by atoms with E-state index in [1.807, 2.05) is 26.0 Å². The molecule has 1 heterocycles. The van der Waals surface area contributed by atoms with E-state index in [2.05, 4.69) is 4.98 Å². The summed E-state index contributed by atoms with van der Waals surface area (Å²) in [4.78, 5) is 15.6. The summed E-state index contributed by atoms with van der Waals surface area (Å²) in [6.45, 7) is 4.43. The lowest BCUT2D eigenvalue weighted by molar-refractivity contribution is -0.119. The topological polar surface area (TPSA) is 53.4 Å². The van der Waals surface area contributed by atoms with Crippen molar-refractivity contribution in [3.63, 3.8) is 0 Å². The Hall–Kier alpha value is -1.68. The second-order valence-corrected chi connectivity index (χ2v) is 5.54. The molecular formula is C14H18N2O2. The molecule has 0 amide bonds. The van der Waals surface area contributed by atoms with E-state index in [4.69, 9.17) is 0 Å². The fraction of sp³-hybridized carbons (Fsp3) is 0.429. The Morgan fingerprint density at radius 1 is 1.44 bits per heavy atom. The number of hydroxylamine groups is 2. The second kappa shape index (κ2) is 4.90. The molecule has 4 nitrogen and oxygen atoms in total. The number of hydrogen-bond donors (Lipinski definition) is 1. The molecule has 2 rings (SSSR count). The Labute approximate surface area is 107 Å². The lowest BCUT2D eigenvalue weighted by Gasteiger charge is -2.32. The van der Waals surface area contributed by atoms with E-state index in [9.17, 15) is 10.0 Å². The first-order valence-electron chi connectivity index (χ1n) is 6.05. The summed E-state index contributed by atoms with van der Waals surface area (Å²) in [5.41, 5.74) is 1.51. The molecule has 1 N–H and O–H groups in total. The van der Waals surface area contributed by atoms with E-state index in [1.165, 1.54) is 0 Å². The van der Waals surface area contributed by atoms with Crippen LogP contribution in [0.2, 0.25) is 0 Å². The minimum atomic E-state index is -0.0862. The van der Waals surface area contributed by atoms with E-state index >= 15 is 0 Å². The molecule has 0 atom stereocenters. The van der Waals surface area contributed by atoms with Crippen LogP contribution in [0.4, 0.5) is 0 Å². The van der Waals surface area contributed by atoms with Crippen molar-refractivity contribution in [2.45, 2.75) is 33.2 Å². The molecule has 0 aromatic carbocycles. The smallest absolute Gasteiger partial charge is 0.158 e. The standard InChI is InChI=1S/C14H18N2O2/c1-14(2)7-12(6-13(17)8-14)16(18)10-11-4-3-5-15-9-11/h3-6,9,18H,7-8,10H2,1-2H3. The molecule has 18 heavy (non-hydrogen) atoms. The number of nitrogens with zero attached hydrogens (tertiary/aromatic N) is 2. The highest BCUT2D eigenvalue weighted by Gasteiger charge is 2.29. The third-order valence-corrected chi connectivity index (χ3v) is 3.03. The maximum atomic E-state index is 11.6. The molecule has 0 spiro atoms. The van der Waals surface area contributed by atoms with Crippen LogP contribution in [0.1, 0.15) is 32.3 Å². The van der Waals surface area contributed by atoms with Crippen molar-refractivity contribution >= 4 is 5.78 Å². The third-order valence-electron chi connectivity index (χ3n) is 3.03.